The maximum atomic E-state index is 9.85. The average molecular weight is 366 g/mol. The van der Waals surface area contributed by atoms with Gasteiger partial charge in [0.2, 0.25) is 0 Å². The zero-order valence-electron chi connectivity index (χ0n) is 12.0. The van der Waals surface area contributed by atoms with Crippen LogP contribution in [-0.2, 0) is 0 Å². The van der Waals surface area contributed by atoms with Gasteiger partial charge in [0.1, 0.15) is 16.9 Å². The van der Waals surface area contributed by atoms with Crippen molar-refractivity contribution < 1.29 is 9.52 Å². The van der Waals surface area contributed by atoms with Crippen molar-refractivity contribution in [3.63, 3.8) is 0 Å². The molecular formula is C19H12BrNO2. The summed E-state index contributed by atoms with van der Waals surface area (Å²) in [6.45, 7) is 0. The number of phenolic OH excluding ortho intramolecular Hbond substituents is 1. The van der Waals surface area contributed by atoms with Crippen LogP contribution in [0.15, 0.2) is 74.5 Å². The average Bonchev–Trinajstić information content (AvgIpc) is 2.93. The molecule has 1 aromatic heterocycles. The predicted octanol–water partition coefficient (Wildman–Crippen LogP) is 5.80. The number of aromatic hydroxyl groups is 1. The first-order chi connectivity index (χ1) is 11.2. The van der Waals surface area contributed by atoms with E-state index in [-0.39, 0.29) is 5.75 Å². The molecule has 0 aliphatic heterocycles. The third-order valence-corrected chi connectivity index (χ3v) is 4.20. The predicted molar refractivity (Wildman–Crippen MR) is 96.8 cm³/mol. The Morgan fingerprint density at radius 2 is 1.74 bits per heavy atom. The van der Waals surface area contributed by atoms with Crippen molar-refractivity contribution >= 4 is 49.8 Å². The summed E-state index contributed by atoms with van der Waals surface area (Å²) in [7, 11) is 0. The van der Waals surface area contributed by atoms with E-state index in [1.54, 1.807) is 18.3 Å². The zero-order chi connectivity index (χ0) is 15.8. The van der Waals surface area contributed by atoms with Crippen molar-refractivity contribution in [2.45, 2.75) is 0 Å². The zero-order valence-corrected chi connectivity index (χ0v) is 13.6. The Balaban J connectivity index is 1.76. The topological polar surface area (TPSA) is 45.7 Å². The van der Waals surface area contributed by atoms with Gasteiger partial charge in [-0.1, -0.05) is 34.1 Å². The second-order valence-electron chi connectivity index (χ2n) is 5.24. The molecule has 0 saturated heterocycles. The van der Waals surface area contributed by atoms with Crippen LogP contribution in [0.3, 0.4) is 0 Å². The molecule has 0 amide bonds. The fourth-order valence-corrected chi connectivity index (χ4v) is 2.95. The summed E-state index contributed by atoms with van der Waals surface area (Å²) in [5.74, 6) is 0.196. The number of hydrogen-bond donors (Lipinski definition) is 1. The Bertz CT molecular complexity index is 1050. The van der Waals surface area contributed by atoms with Gasteiger partial charge in [-0.2, -0.15) is 0 Å². The fourth-order valence-electron chi connectivity index (χ4n) is 2.57. The molecule has 0 bridgehead atoms. The minimum absolute atomic E-state index is 0.196. The highest BCUT2D eigenvalue weighted by Crippen LogP contribution is 2.31. The number of nitrogens with zero attached hydrogens (tertiary/aromatic N) is 1. The van der Waals surface area contributed by atoms with Gasteiger partial charge in [0.05, 0.1) is 5.69 Å². The molecule has 0 aliphatic rings. The van der Waals surface area contributed by atoms with Crippen LogP contribution in [0.1, 0.15) is 5.56 Å². The number of furan rings is 1. The van der Waals surface area contributed by atoms with Gasteiger partial charge in [-0.05, 0) is 36.4 Å². The number of phenols is 1. The monoisotopic (exact) mass is 365 g/mol. The molecule has 0 spiro atoms. The van der Waals surface area contributed by atoms with E-state index in [1.165, 1.54) is 0 Å². The normalized spacial score (nSPS) is 11.7. The van der Waals surface area contributed by atoms with Crippen LogP contribution < -0.4 is 0 Å². The lowest BCUT2D eigenvalue weighted by atomic mass is 10.1. The molecule has 4 heteroatoms. The van der Waals surface area contributed by atoms with Crippen LogP contribution >= 0.6 is 15.9 Å². The third-order valence-electron chi connectivity index (χ3n) is 3.70. The Kier molecular flexibility index (Phi) is 3.39. The molecule has 3 aromatic carbocycles. The smallest absolute Gasteiger partial charge is 0.137 e. The summed E-state index contributed by atoms with van der Waals surface area (Å²) < 4.78 is 6.75. The number of halogens is 1. The number of aliphatic imine (C=N–C) groups is 1. The minimum Gasteiger partial charge on any atom is -0.507 e. The van der Waals surface area contributed by atoms with Crippen molar-refractivity contribution in [3.05, 3.63) is 70.7 Å². The lowest BCUT2D eigenvalue weighted by molar-refractivity contribution is 0.474. The lowest BCUT2D eigenvalue weighted by Crippen LogP contribution is -1.82. The highest BCUT2D eigenvalue weighted by Gasteiger charge is 2.06. The van der Waals surface area contributed by atoms with Crippen LogP contribution in [0.25, 0.3) is 21.9 Å². The molecule has 1 heterocycles. The summed E-state index contributed by atoms with van der Waals surface area (Å²) in [5.41, 5.74) is 3.10. The van der Waals surface area contributed by atoms with Gasteiger partial charge in [0.25, 0.3) is 0 Å². The Hall–Kier alpha value is -2.59. The van der Waals surface area contributed by atoms with E-state index in [4.69, 9.17) is 4.42 Å². The number of rotatable bonds is 2. The Morgan fingerprint density at radius 1 is 0.913 bits per heavy atom. The summed E-state index contributed by atoms with van der Waals surface area (Å²) in [5, 5.41) is 12.0. The summed E-state index contributed by atoms with van der Waals surface area (Å²) >= 11 is 3.39. The Labute approximate surface area is 141 Å². The first-order valence-corrected chi connectivity index (χ1v) is 7.94. The maximum absolute atomic E-state index is 9.85. The quantitative estimate of drug-likeness (QED) is 0.456. The van der Waals surface area contributed by atoms with Gasteiger partial charge < -0.3 is 9.52 Å². The van der Waals surface area contributed by atoms with E-state index in [1.807, 2.05) is 48.5 Å². The third kappa shape index (κ3) is 2.62. The van der Waals surface area contributed by atoms with Gasteiger partial charge >= 0.3 is 0 Å². The standard InChI is InChI=1S/C19H12BrNO2/c20-13-5-8-17(22)12(9-13)11-21-14-6-7-16-15-3-1-2-4-18(15)23-19(16)10-14/h1-11,22H. The van der Waals surface area contributed by atoms with Crippen molar-refractivity contribution in [1.82, 2.24) is 0 Å². The second-order valence-corrected chi connectivity index (χ2v) is 6.16. The molecule has 23 heavy (non-hydrogen) atoms. The second kappa shape index (κ2) is 5.56. The van der Waals surface area contributed by atoms with E-state index in [0.29, 0.717) is 5.56 Å². The van der Waals surface area contributed by atoms with Gasteiger partial charge in [0, 0.05) is 33.1 Å². The summed E-state index contributed by atoms with van der Waals surface area (Å²) in [6.07, 6.45) is 1.64. The van der Waals surface area contributed by atoms with Crippen molar-refractivity contribution in [2.24, 2.45) is 4.99 Å². The first kappa shape index (κ1) is 14.0. The SMILES string of the molecule is Oc1ccc(Br)cc1C=Nc1ccc2c(c1)oc1ccccc12. The summed E-state index contributed by atoms with van der Waals surface area (Å²) in [6, 6.07) is 19.0. The Morgan fingerprint density at radius 3 is 2.65 bits per heavy atom. The number of para-hydroxylation sites is 1. The lowest BCUT2D eigenvalue weighted by Gasteiger charge is -1.99. The van der Waals surface area contributed by atoms with E-state index in [0.717, 1.165) is 32.1 Å². The van der Waals surface area contributed by atoms with Crippen LogP contribution in [0.5, 0.6) is 5.75 Å². The van der Waals surface area contributed by atoms with Gasteiger partial charge in [-0.3, -0.25) is 4.99 Å². The van der Waals surface area contributed by atoms with Gasteiger partial charge in [-0.25, -0.2) is 0 Å². The molecule has 0 fully saturated rings. The van der Waals surface area contributed by atoms with Crippen LogP contribution in [0, 0.1) is 0 Å². The van der Waals surface area contributed by atoms with Gasteiger partial charge in [-0.15, -0.1) is 0 Å². The molecular weight excluding hydrogens is 354 g/mol. The molecule has 0 unspecified atom stereocenters. The molecule has 4 aromatic rings. The highest BCUT2D eigenvalue weighted by molar-refractivity contribution is 9.10. The number of fused-ring (bicyclic) bond motifs is 3. The van der Waals surface area contributed by atoms with Crippen LogP contribution in [-0.4, -0.2) is 11.3 Å². The van der Waals surface area contributed by atoms with Crippen molar-refractivity contribution in [1.29, 1.82) is 0 Å². The molecule has 3 nitrogen and oxygen atoms in total. The van der Waals surface area contributed by atoms with Gasteiger partial charge in [0.15, 0.2) is 0 Å². The molecule has 1 N–H and O–H groups in total. The molecule has 0 radical (unpaired) electrons. The van der Waals surface area contributed by atoms with Crippen LogP contribution in [0.4, 0.5) is 5.69 Å². The summed E-state index contributed by atoms with van der Waals surface area (Å²) in [4.78, 5) is 4.43. The largest absolute Gasteiger partial charge is 0.507 e. The van der Waals surface area contributed by atoms with E-state index < -0.39 is 0 Å². The van der Waals surface area contributed by atoms with E-state index >= 15 is 0 Å². The van der Waals surface area contributed by atoms with Crippen LogP contribution in [0.2, 0.25) is 0 Å². The van der Waals surface area contributed by atoms with Crippen molar-refractivity contribution in [3.8, 4) is 5.75 Å². The molecule has 112 valence electrons. The minimum atomic E-state index is 0.196. The number of benzene rings is 3. The van der Waals surface area contributed by atoms with Crippen molar-refractivity contribution in [2.75, 3.05) is 0 Å². The molecule has 0 aliphatic carbocycles. The number of hydrogen-bond acceptors (Lipinski definition) is 3. The fraction of sp³-hybridized carbons (Fsp3) is 0. The van der Waals surface area contributed by atoms with E-state index in [9.17, 15) is 5.11 Å². The first-order valence-electron chi connectivity index (χ1n) is 7.14. The molecule has 0 saturated carbocycles. The maximum Gasteiger partial charge on any atom is 0.137 e. The van der Waals surface area contributed by atoms with E-state index in [2.05, 4.69) is 20.9 Å². The molecule has 4 rings (SSSR count). The highest BCUT2D eigenvalue weighted by atomic mass is 79.9. The molecule has 0 atom stereocenters.